The summed E-state index contributed by atoms with van der Waals surface area (Å²) < 4.78 is 39.6. The summed E-state index contributed by atoms with van der Waals surface area (Å²) in [6.07, 6.45) is -4.57. The minimum Gasteiger partial charge on any atom is -0.274 e. The molecule has 2 aromatic rings. The van der Waals surface area contributed by atoms with Gasteiger partial charge in [-0.25, -0.2) is 0 Å². The van der Waals surface area contributed by atoms with Crippen molar-refractivity contribution >= 4 is 11.6 Å². The predicted molar refractivity (Wildman–Crippen MR) is 65.4 cm³/mol. The molecule has 0 unspecified atom stereocenters. The number of halogens is 4. The van der Waals surface area contributed by atoms with Crippen LogP contribution in [-0.2, 0) is 12.1 Å². The van der Waals surface area contributed by atoms with Gasteiger partial charge in [0.2, 0.25) is 5.82 Å². The molecule has 0 N–H and O–H groups in total. The Hall–Kier alpha value is -1.56. The molecule has 0 aliphatic carbocycles. The van der Waals surface area contributed by atoms with Crippen molar-refractivity contribution in [1.82, 2.24) is 14.8 Å². The first-order valence-corrected chi connectivity index (χ1v) is 6.03. The molecule has 0 atom stereocenters. The molecule has 0 aliphatic heterocycles. The summed E-state index contributed by atoms with van der Waals surface area (Å²) in [4.78, 5) is 0. The van der Waals surface area contributed by atoms with Gasteiger partial charge in [0.05, 0.1) is 5.88 Å². The van der Waals surface area contributed by atoms with E-state index in [1.54, 1.807) is 18.2 Å². The summed E-state index contributed by atoms with van der Waals surface area (Å²) in [5, 5.41) is 6.68. The number of nitrogens with zero attached hydrogens (tertiary/aromatic N) is 3. The summed E-state index contributed by atoms with van der Waals surface area (Å²) in [5.74, 6) is -1.14. The van der Waals surface area contributed by atoms with Crippen LogP contribution < -0.4 is 0 Å². The average Bonchev–Trinajstić information content (AvgIpc) is 2.76. The fraction of sp³-hybridized carbons (Fsp3) is 0.333. The molecule has 19 heavy (non-hydrogen) atoms. The molecule has 0 bridgehead atoms. The van der Waals surface area contributed by atoms with Crippen LogP contribution in [-0.4, -0.2) is 14.8 Å². The average molecular weight is 290 g/mol. The molecule has 0 saturated heterocycles. The highest BCUT2D eigenvalue weighted by Gasteiger charge is 2.38. The van der Waals surface area contributed by atoms with Gasteiger partial charge in [-0.1, -0.05) is 6.07 Å². The number of hydrogen-bond donors (Lipinski definition) is 0. The molecule has 3 nitrogen and oxygen atoms in total. The van der Waals surface area contributed by atoms with Gasteiger partial charge in [-0.2, -0.15) is 13.2 Å². The molecule has 7 heteroatoms. The van der Waals surface area contributed by atoms with Crippen LogP contribution in [0.2, 0.25) is 0 Å². The molecule has 2 rings (SSSR count). The normalized spacial score (nSPS) is 11.9. The van der Waals surface area contributed by atoms with Gasteiger partial charge in [0.25, 0.3) is 0 Å². The number of benzene rings is 1. The van der Waals surface area contributed by atoms with Crippen LogP contribution in [0.25, 0.3) is 5.69 Å². The van der Waals surface area contributed by atoms with Gasteiger partial charge in [0.1, 0.15) is 0 Å². The second-order valence-electron chi connectivity index (χ2n) is 4.18. The Morgan fingerprint density at radius 2 is 1.84 bits per heavy atom. The minimum atomic E-state index is -4.57. The van der Waals surface area contributed by atoms with Gasteiger partial charge >= 0.3 is 6.18 Å². The van der Waals surface area contributed by atoms with Gasteiger partial charge in [0, 0.05) is 5.69 Å². The Kier molecular flexibility index (Phi) is 3.54. The number of hydrogen-bond acceptors (Lipinski definition) is 2. The molecule has 0 radical (unpaired) electrons. The Morgan fingerprint density at radius 3 is 2.37 bits per heavy atom. The zero-order valence-corrected chi connectivity index (χ0v) is 11.0. The summed E-state index contributed by atoms with van der Waals surface area (Å²) in [6, 6.07) is 5.00. The summed E-state index contributed by atoms with van der Waals surface area (Å²) in [5.41, 5.74) is 2.24. The van der Waals surface area contributed by atoms with Crippen molar-refractivity contribution in [2.45, 2.75) is 25.9 Å². The maximum atomic E-state index is 12.9. The molecule has 0 aliphatic rings. The van der Waals surface area contributed by atoms with Crippen molar-refractivity contribution in [3.63, 3.8) is 0 Å². The predicted octanol–water partition coefficient (Wildman–Crippen LogP) is 3.64. The standard InChI is InChI=1S/C12H11ClF3N3/c1-7-3-4-9(5-8(7)2)19-10(6-13)17-18-11(19)12(14,15)16/h3-5H,6H2,1-2H3. The third kappa shape index (κ3) is 2.58. The van der Waals surface area contributed by atoms with E-state index >= 15 is 0 Å². The third-order valence-corrected chi connectivity index (χ3v) is 3.09. The molecular weight excluding hydrogens is 279 g/mol. The summed E-state index contributed by atoms with van der Waals surface area (Å²) >= 11 is 5.63. The Bertz CT molecular complexity index is 605. The second-order valence-corrected chi connectivity index (χ2v) is 4.44. The van der Waals surface area contributed by atoms with Gasteiger partial charge in [-0.3, -0.25) is 4.57 Å². The molecular formula is C12H11ClF3N3. The number of aromatic nitrogens is 3. The molecule has 102 valence electrons. The Morgan fingerprint density at radius 1 is 1.16 bits per heavy atom. The van der Waals surface area contributed by atoms with Crippen LogP contribution in [0.1, 0.15) is 22.8 Å². The fourth-order valence-electron chi connectivity index (χ4n) is 1.72. The van der Waals surface area contributed by atoms with Crippen molar-refractivity contribution < 1.29 is 13.2 Å². The van der Waals surface area contributed by atoms with Crippen LogP contribution in [0, 0.1) is 13.8 Å². The van der Waals surface area contributed by atoms with Crippen molar-refractivity contribution in [2.24, 2.45) is 0 Å². The molecule has 1 aromatic heterocycles. The van der Waals surface area contributed by atoms with Crippen molar-refractivity contribution in [3.05, 3.63) is 41.0 Å². The molecule has 1 aromatic carbocycles. The first-order valence-electron chi connectivity index (χ1n) is 5.49. The first kappa shape index (κ1) is 13.9. The molecule has 0 fully saturated rings. The number of rotatable bonds is 2. The van der Waals surface area contributed by atoms with E-state index in [2.05, 4.69) is 10.2 Å². The van der Waals surface area contributed by atoms with Crippen LogP contribution in [0.4, 0.5) is 13.2 Å². The highest BCUT2D eigenvalue weighted by atomic mass is 35.5. The smallest absolute Gasteiger partial charge is 0.274 e. The zero-order chi connectivity index (χ0) is 14.2. The fourth-order valence-corrected chi connectivity index (χ4v) is 1.90. The molecule has 0 saturated carbocycles. The van der Waals surface area contributed by atoms with Crippen molar-refractivity contribution in [3.8, 4) is 5.69 Å². The van der Waals surface area contributed by atoms with E-state index in [1.807, 2.05) is 13.8 Å². The largest absolute Gasteiger partial charge is 0.452 e. The topological polar surface area (TPSA) is 30.7 Å². The monoisotopic (exact) mass is 289 g/mol. The van der Waals surface area contributed by atoms with E-state index in [0.29, 0.717) is 5.69 Å². The van der Waals surface area contributed by atoms with Crippen LogP contribution >= 0.6 is 11.6 Å². The Balaban J connectivity index is 2.65. The lowest BCUT2D eigenvalue weighted by atomic mass is 10.1. The molecule has 0 spiro atoms. The van der Waals surface area contributed by atoms with E-state index in [0.717, 1.165) is 15.7 Å². The van der Waals surface area contributed by atoms with Crippen LogP contribution in [0.5, 0.6) is 0 Å². The van der Waals surface area contributed by atoms with Crippen molar-refractivity contribution in [2.75, 3.05) is 0 Å². The minimum absolute atomic E-state index is 0.0669. The van der Waals surface area contributed by atoms with E-state index in [9.17, 15) is 13.2 Å². The number of aryl methyl sites for hydroxylation is 2. The van der Waals surface area contributed by atoms with Gasteiger partial charge in [0.15, 0.2) is 5.82 Å². The van der Waals surface area contributed by atoms with Gasteiger partial charge < -0.3 is 0 Å². The Labute approximate surface area is 113 Å². The molecule has 1 heterocycles. The van der Waals surface area contributed by atoms with Crippen LogP contribution in [0.15, 0.2) is 18.2 Å². The third-order valence-electron chi connectivity index (χ3n) is 2.85. The van der Waals surface area contributed by atoms with Gasteiger partial charge in [-0.05, 0) is 37.1 Å². The second kappa shape index (κ2) is 4.85. The van der Waals surface area contributed by atoms with E-state index in [-0.39, 0.29) is 11.7 Å². The highest BCUT2D eigenvalue weighted by molar-refractivity contribution is 6.16. The lowest BCUT2D eigenvalue weighted by Crippen LogP contribution is -2.15. The lowest BCUT2D eigenvalue weighted by Gasteiger charge is -2.12. The SMILES string of the molecule is Cc1ccc(-n2c(CCl)nnc2C(F)(F)F)cc1C. The lowest BCUT2D eigenvalue weighted by molar-refractivity contribution is -0.146. The maximum absolute atomic E-state index is 12.9. The maximum Gasteiger partial charge on any atom is 0.452 e. The van der Waals surface area contributed by atoms with E-state index in [1.165, 1.54) is 0 Å². The van der Waals surface area contributed by atoms with E-state index in [4.69, 9.17) is 11.6 Å². The van der Waals surface area contributed by atoms with Crippen molar-refractivity contribution in [1.29, 1.82) is 0 Å². The summed E-state index contributed by atoms with van der Waals surface area (Å²) in [7, 11) is 0. The zero-order valence-electron chi connectivity index (χ0n) is 10.3. The van der Waals surface area contributed by atoms with Gasteiger partial charge in [-0.15, -0.1) is 21.8 Å². The van der Waals surface area contributed by atoms with E-state index < -0.39 is 12.0 Å². The van der Waals surface area contributed by atoms with Crippen LogP contribution in [0.3, 0.4) is 0 Å². The first-order chi connectivity index (χ1) is 8.84. The highest BCUT2D eigenvalue weighted by Crippen LogP contribution is 2.31. The number of alkyl halides is 4. The molecule has 0 amide bonds. The summed E-state index contributed by atoms with van der Waals surface area (Å²) in [6.45, 7) is 3.72. The quantitative estimate of drug-likeness (QED) is 0.790.